The Hall–Kier alpha value is -1.28. The molecule has 1 fully saturated rings. The first-order valence-electron chi connectivity index (χ1n) is 5.10. The molecule has 0 unspecified atom stereocenters. The maximum Gasteiger partial charge on any atom is 0.0454 e. The predicted molar refractivity (Wildman–Crippen MR) is 58.2 cm³/mol. The molecule has 1 aliphatic rings. The van der Waals surface area contributed by atoms with Crippen molar-refractivity contribution < 1.29 is 0 Å². The van der Waals surface area contributed by atoms with Crippen molar-refractivity contribution in [3.05, 3.63) is 36.0 Å². The highest BCUT2D eigenvalue weighted by molar-refractivity contribution is 5.79. The molecule has 0 amide bonds. The molecule has 1 heterocycles. The zero-order valence-electron chi connectivity index (χ0n) is 8.09. The highest BCUT2D eigenvalue weighted by Crippen LogP contribution is 2.35. The third kappa shape index (κ3) is 1.32. The topological polar surface area (TPSA) is 41.8 Å². The Kier molecular flexibility index (Phi) is 1.50. The van der Waals surface area contributed by atoms with Crippen molar-refractivity contribution >= 4 is 10.9 Å². The van der Waals surface area contributed by atoms with E-state index in [4.69, 9.17) is 5.73 Å². The SMILES string of the molecule is NC1(Cc2ccc3[nH]ccc3c2)CC1. The maximum atomic E-state index is 6.09. The van der Waals surface area contributed by atoms with Gasteiger partial charge in [-0.3, -0.25) is 0 Å². The standard InChI is InChI=1S/C12H14N2/c13-12(4-5-12)8-9-1-2-11-10(7-9)3-6-14-11/h1-3,6-7,14H,4-5,8,13H2. The summed E-state index contributed by atoms with van der Waals surface area (Å²) in [5.41, 5.74) is 8.77. The van der Waals surface area contributed by atoms with E-state index in [0.29, 0.717) is 0 Å². The van der Waals surface area contributed by atoms with Crippen molar-refractivity contribution in [3.63, 3.8) is 0 Å². The second-order valence-electron chi connectivity index (χ2n) is 4.44. The van der Waals surface area contributed by atoms with E-state index in [9.17, 15) is 0 Å². The Labute approximate surface area is 83.1 Å². The molecule has 2 heteroatoms. The van der Waals surface area contributed by atoms with E-state index in [-0.39, 0.29) is 5.54 Å². The monoisotopic (exact) mass is 186 g/mol. The van der Waals surface area contributed by atoms with Crippen molar-refractivity contribution in [2.75, 3.05) is 0 Å². The van der Waals surface area contributed by atoms with Crippen molar-refractivity contribution in [2.24, 2.45) is 5.73 Å². The van der Waals surface area contributed by atoms with E-state index in [2.05, 4.69) is 29.2 Å². The van der Waals surface area contributed by atoms with E-state index in [0.717, 1.165) is 6.42 Å². The molecule has 0 aliphatic heterocycles. The molecule has 0 spiro atoms. The van der Waals surface area contributed by atoms with Gasteiger partial charge in [-0.15, -0.1) is 0 Å². The number of nitrogens with one attached hydrogen (secondary N) is 1. The number of fused-ring (bicyclic) bond motifs is 1. The fraction of sp³-hybridized carbons (Fsp3) is 0.333. The Morgan fingerprint density at radius 2 is 2.14 bits per heavy atom. The minimum Gasteiger partial charge on any atom is -0.361 e. The fourth-order valence-electron chi connectivity index (χ4n) is 1.96. The van der Waals surface area contributed by atoms with Crippen LogP contribution in [0.15, 0.2) is 30.5 Å². The molecular formula is C12H14N2. The van der Waals surface area contributed by atoms with Gasteiger partial charge in [0, 0.05) is 17.3 Å². The average molecular weight is 186 g/mol. The van der Waals surface area contributed by atoms with Crippen LogP contribution in [0.2, 0.25) is 0 Å². The number of rotatable bonds is 2. The van der Waals surface area contributed by atoms with E-state index >= 15 is 0 Å². The van der Waals surface area contributed by atoms with Crippen LogP contribution in [0.3, 0.4) is 0 Å². The summed E-state index contributed by atoms with van der Waals surface area (Å²) < 4.78 is 0. The van der Waals surface area contributed by atoms with Gasteiger partial charge in [-0.2, -0.15) is 0 Å². The number of hydrogen-bond acceptors (Lipinski definition) is 1. The molecule has 0 atom stereocenters. The van der Waals surface area contributed by atoms with Crippen LogP contribution >= 0.6 is 0 Å². The van der Waals surface area contributed by atoms with Crippen LogP contribution in [-0.4, -0.2) is 10.5 Å². The normalized spacial score (nSPS) is 18.6. The summed E-state index contributed by atoms with van der Waals surface area (Å²) in [5, 5.41) is 1.28. The van der Waals surface area contributed by atoms with Gasteiger partial charge in [0.1, 0.15) is 0 Å². The molecule has 3 rings (SSSR count). The zero-order chi connectivity index (χ0) is 9.60. The van der Waals surface area contributed by atoms with Crippen molar-refractivity contribution in [1.29, 1.82) is 0 Å². The quantitative estimate of drug-likeness (QED) is 0.741. The lowest BCUT2D eigenvalue weighted by Gasteiger charge is -2.07. The van der Waals surface area contributed by atoms with Gasteiger partial charge in [0.25, 0.3) is 0 Å². The van der Waals surface area contributed by atoms with Crippen LogP contribution in [0, 0.1) is 0 Å². The van der Waals surface area contributed by atoms with Crippen LogP contribution < -0.4 is 5.73 Å². The predicted octanol–water partition coefficient (Wildman–Crippen LogP) is 2.20. The number of hydrogen-bond donors (Lipinski definition) is 2. The van der Waals surface area contributed by atoms with Crippen molar-refractivity contribution in [2.45, 2.75) is 24.8 Å². The molecule has 0 bridgehead atoms. The third-order valence-corrected chi connectivity index (χ3v) is 3.07. The molecule has 0 saturated heterocycles. The Bertz CT molecular complexity index is 466. The van der Waals surface area contributed by atoms with Gasteiger partial charge in [0.2, 0.25) is 0 Å². The molecule has 2 nitrogen and oxygen atoms in total. The Balaban J connectivity index is 1.97. The largest absolute Gasteiger partial charge is 0.361 e. The van der Waals surface area contributed by atoms with E-state index in [1.54, 1.807) is 0 Å². The molecule has 72 valence electrons. The molecule has 2 aromatic rings. The van der Waals surface area contributed by atoms with Crippen LogP contribution in [0.25, 0.3) is 10.9 Å². The minimum atomic E-state index is 0.115. The first-order valence-corrected chi connectivity index (χ1v) is 5.10. The highest BCUT2D eigenvalue weighted by Gasteiger charge is 2.37. The second-order valence-corrected chi connectivity index (χ2v) is 4.44. The molecule has 0 radical (unpaired) electrons. The number of aromatic amines is 1. The molecule has 1 saturated carbocycles. The van der Waals surface area contributed by atoms with Gasteiger partial charge in [-0.1, -0.05) is 6.07 Å². The van der Waals surface area contributed by atoms with E-state index < -0.39 is 0 Å². The van der Waals surface area contributed by atoms with Gasteiger partial charge >= 0.3 is 0 Å². The lowest BCUT2D eigenvalue weighted by Crippen LogP contribution is -2.24. The summed E-state index contributed by atoms with van der Waals surface area (Å²) in [6, 6.07) is 8.65. The van der Waals surface area contributed by atoms with E-state index in [1.807, 2.05) is 6.20 Å². The van der Waals surface area contributed by atoms with Gasteiger partial charge in [0.15, 0.2) is 0 Å². The maximum absolute atomic E-state index is 6.09. The summed E-state index contributed by atoms with van der Waals surface area (Å²) >= 11 is 0. The second kappa shape index (κ2) is 2.61. The van der Waals surface area contributed by atoms with Crippen molar-refractivity contribution in [3.8, 4) is 0 Å². The number of H-pyrrole nitrogens is 1. The molecule has 3 N–H and O–H groups in total. The third-order valence-electron chi connectivity index (χ3n) is 3.07. The molecular weight excluding hydrogens is 172 g/mol. The summed E-state index contributed by atoms with van der Waals surface area (Å²) in [4.78, 5) is 3.19. The zero-order valence-corrected chi connectivity index (χ0v) is 8.09. The molecule has 1 aromatic carbocycles. The van der Waals surface area contributed by atoms with Gasteiger partial charge in [-0.25, -0.2) is 0 Å². The Morgan fingerprint density at radius 1 is 1.29 bits per heavy atom. The van der Waals surface area contributed by atoms with Gasteiger partial charge in [0.05, 0.1) is 0 Å². The van der Waals surface area contributed by atoms with Gasteiger partial charge in [-0.05, 0) is 48.4 Å². The minimum absolute atomic E-state index is 0.115. The highest BCUT2D eigenvalue weighted by atomic mass is 14.8. The van der Waals surface area contributed by atoms with Gasteiger partial charge < -0.3 is 10.7 Å². The lowest BCUT2D eigenvalue weighted by molar-refractivity contribution is 0.673. The fourth-order valence-corrected chi connectivity index (χ4v) is 1.96. The summed E-state index contributed by atoms with van der Waals surface area (Å²) in [6.45, 7) is 0. The number of nitrogens with two attached hydrogens (primary N) is 1. The van der Waals surface area contributed by atoms with Crippen LogP contribution in [0.4, 0.5) is 0 Å². The number of benzene rings is 1. The Morgan fingerprint density at radius 3 is 2.93 bits per heavy atom. The molecule has 14 heavy (non-hydrogen) atoms. The summed E-state index contributed by atoms with van der Waals surface area (Å²) in [6.07, 6.45) is 5.36. The van der Waals surface area contributed by atoms with E-state index in [1.165, 1.54) is 29.3 Å². The average Bonchev–Trinajstić information content (AvgIpc) is 2.73. The first-order chi connectivity index (χ1) is 6.75. The first kappa shape index (κ1) is 8.06. The lowest BCUT2D eigenvalue weighted by atomic mass is 10.0. The number of aromatic nitrogens is 1. The molecule has 1 aromatic heterocycles. The summed E-state index contributed by atoms with van der Waals surface area (Å²) in [5.74, 6) is 0. The molecule has 1 aliphatic carbocycles. The van der Waals surface area contributed by atoms with Crippen LogP contribution in [0.5, 0.6) is 0 Å². The van der Waals surface area contributed by atoms with Crippen LogP contribution in [0.1, 0.15) is 18.4 Å². The van der Waals surface area contributed by atoms with Crippen LogP contribution in [-0.2, 0) is 6.42 Å². The smallest absolute Gasteiger partial charge is 0.0454 e. The summed E-state index contributed by atoms with van der Waals surface area (Å²) in [7, 11) is 0. The van der Waals surface area contributed by atoms with Crippen molar-refractivity contribution in [1.82, 2.24) is 4.98 Å².